The lowest BCUT2D eigenvalue weighted by Gasteiger charge is -2.17. The zero-order valence-corrected chi connectivity index (χ0v) is 11.3. The highest BCUT2D eigenvalue weighted by atomic mass is 16.5. The highest BCUT2D eigenvalue weighted by Crippen LogP contribution is 2.25. The Morgan fingerprint density at radius 1 is 1.33 bits per heavy atom. The number of carbonyl (C=O) groups is 2. The highest BCUT2D eigenvalue weighted by molar-refractivity contribution is 5.85. The number of aromatic hydroxyl groups is 2. The van der Waals surface area contributed by atoms with Crippen molar-refractivity contribution >= 4 is 11.9 Å². The van der Waals surface area contributed by atoms with E-state index in [4.69, 9.17) is 4.74 Å². The van der Waals surface area contributed by atoms with Crippen molar-refractivity contribution in [2.45, 2.75) is 18.9 Å². The van der Waals surface area contributed by atoms with Gasteiger partial charge in [-0.1, -0.05) is 6.07 Å². The number of ether oxygens (including phenoxy) is 1. The van der Waals surface area contributed by atoms with Gasteiger partial charge in [0.2, 0.25) is 5.91 Å². The summed E-state index contributed by atoms with van der Waals surface area (Å²) in [6, 6.07) is 2.95. The standard InChI is InChI=1S/C14H17NO6/c16-11-2-1-8(6-12(11)17)5-10(14(19)20)15-13(18)9-3-4-21-7-9/h1-2,6,9-10,16-17H,3-5,7H2,(H,15,18)(H,19,20)/t9?,10-/m0/s1. The van der Waals surface area contributed by atoms with Crippen LogP contribution in [0, 0.1) is 5.92 Å². The van der Waals surface area contributed by atoms with E-state index in [1.807, 2.05) is 0 Å². The second kappa shape index (κ2) is 6.45. The molecule has 7 heteroatoms. The number of nitrogens with one attached hydrogen (secondary N) is 1. The molecule has 0 spiro atoms. The number of amides is 1. The molecule has 0 saturated carbocycles. The maximum atomic E-state index is 11.9. The molecule has 4 N–H and O–H groups in total. The third-order valence-electron chi connectivity index (χ3n) is 3.39. The molecule has 21 heavy (non-hydrogen) atoms. The molecule has 1 aliphatic rings. The van der Waals surface area contributed by atoms with Gasteiger partial charge in [-0.15, -0.1) is 0 Å². The summed E-state index contributed by atoms with van der Waals surface area (Å²) in [6.07, 6.45) is 0.598. The fraction of sp³-hybridized carbons (Fsp3) is 0.429. The van der Waals surface area contributed by atoms with Crippen molar-refractivity contribution in [2.75, 3.05) is 13.2 Å². The van der Waals surface area contributed by atoms with Crippen LogP contribution in [0.25, 0.3) is 0 Å². The summed E-state index contributed by atoms with van der Waals surface area (Å²) < 4.78 is 5.10. The van der Waals surface area contributed by atoms with E-state index in [0.29, 0.717) is 25.2 Å². The molecule has 0 radical (unpaired) electrons. The SMILES string of the molecule is O=C(N[C@@H](Cc1ccc(O)c(O)c1)C(=O)O)C1CCOC1. The Morgan fingerprint density at radius 3 is 2.67 bits per heavy atom. The van der Waals surface area contributed by atoms with Crippen molar-refractivity contribution in [1.82, 2.24) is 5.32 Å². The van der Waals surface area contributed by atoms with Crippen molar-refractivity contribution in [1.29, 1.82) is 0 Å². The van der Waals surface area contributed by atoms with Crippen LogP contribution in [0.1, 0.15) is 12.0 Å². The molecule has 1 saturated heterocycles. The first-order valence-corrected chi connectivity index (χ1v) is 6.59. The highest BCUT2D eigenvalue weighted by Gasteiger charge is 2.28. The van der Waals surface area contributed by atoms with Crippen LogP contribution < -0.4 is 5.32 Å². The molecule has 1 unspecified atom stereocenters. The van der Waals surface area contributed by atoms with Gasteiger partial charge in [-0.05, 0) is 24.1 Å². The van der Waals surface area contributed by atoms with Crippen LogP contribution in [0.3, 0.4) is 0 Å². The van der Waals surface area contributed by atoms with Gasteiger partial charge in [-0.3, -0.25) is 4.79 Å². The van der Waals surface area contributed by atoms with Crippen molar-refractivity contribution in [2.24, 2.45) is 5.92 Å². The summed E-state index contributed by atoms with van der Waals surface area (Å²) in [7, 11) is 0. The van der Waals surface area contributed by atoms with Crippen LogP contribution >= 0.6 is 0 Å². The normalized spacial score (nSPS) is 19.1. The van der Waals surface area contributed by atoms with Gasteiger partial charge in [-0.2, -0.15) is 0 Å². The number of carboxylic acid groups (broad SMARTS) is 1. The van der Waals surface area contributed by atoms with E-state index in [1.54, 1.807) is 0 Å². The van der Waals surface area contributed by atoms with E-state index in [1.165, 1.54) is 18.2 Å². The lowest BCUT2D eigenvalue weighted by molar-refractivity contribution is -0.142. The number of hydrogen-bond donors (Lipinski definition) is 4. The third-order valence-corrected chi connectivity index (χ3v) is 3.39. The van der Waals surface area contributed by atoms with Gasteiger partial charge in [0.1, 0.15) is 6.04 Å². The number of carboxylic acids is 1. The molecule has 0 bridgehead atoms. The minimum Gasteiger partial charge on any atom is -0.504 e. The van der Waals surface area contributed by atoms with E-state index < -0.39 is 12.0 Å². The van der Waals surface area contributed by atoms with E-state index >= 15 is 0 Å². The van der Waals surface area contributed by atoms with Crippen molar-refractivity contribution in [3.8, 4) is 11.5 Å². The molecule has 0 aliphatic carbocycles. The molecule has 1 aliphatic heterocycles. The second-order valence-corrected chi connectivity index (χ2v) is 4.99. The predicted molar refractivity (Wildman–Crippen MR) is 72.0 cm³/mol. The fourth-order valence-electron chi connectivity index (χ4n) is 2.16. The second-order valence-electron chi connectivity index (χ2n) is 4.99. The summed E-state index contributed by atoms with van der Waals surface area (Å²) >= 11 is 0. The number of aliphatic carboxylic acids is 1. The topological polar surface area (TPSA) is 116 Å². The summed E-state index contributed by atoms with van der Waals surface area (Å²) in [4.78, 5) is 23.2. The Morgan fingerprint density at radius 2 is 2.10 bits per heavy atom. The summed E-state index contributed by atoms with van der Waals surface area (Å²) in [5, 5.41) is 30.3. The zero-order chi connectivity index (χ0) is 15.4. The maximum absolute atomic E-state index is 11.9. The van der Waals surface area contributed by atoms with Gasteiger partial charge in [0.05, 0.1) is 12.5 Å². The van der Waals surface area contributed by atoms with Crippen LogP contribution in [0.15, 0.2) is 18.2 Å². The molecular formula is C14H17NO6. The lowest BCUT2D eigenvalue weighted by Crippen LogP contribution is -2.45. The number of phenolic OH excluding ortho intramolecular Hbond substituents is 2. The summed E-state index contributed by atoms with van der Waals surface area (Å²) in [5.74, 6) is -2.43. The van der Waals surface area contributed by atoms with Gasteiger partial charge in [0, 0.05) is 13.0 Å². The number of hydrogen-bond acceptors (Lipinski definition) is 5. The van der Waals surface area contributed by atoms with Gasteiger partial charge in [0.25, 0.3) is 0 Å². The van der Waals surface area contributed by atoms with Crippen molar-refractivity contribution < 1.29 is 29.6 Å². The van der Waals surface area contributed by atoms with E-state index in [9.17, 15) is 24.9 Å². The minimum atomic E-state index is -1.16. The lowest BCUT2D eigenvalue weighted by atomic mass is 10.0. The average Bonchev–Trinajstić information content (AvgIpc) is 2.96. The largest absolute Gasteiger partial charge is 0.504 e. The molecular weight excluding hydrogens is 278 g/mol. The Labute approximate surface area is 121 Å². The van der Waals surface area contributed by atoms with E-state index in [2.05, 4.69) is 5.32 Å². The third kappa shape index (κ3) is 3.85. The molecule has 7 nitrogen and oxygen atoms in total. The van der Waals surface area contributed by atoms with Crippen LogP contribution in [-0.2, 0) is 20.7 Å². The Kier molecular flexibility index (Phi) is 4.64. The number of phenols is 2. The number of carbonyl (C=O) groups excluding carboxylic acids is 1. The maximum Gasteiger partial charge on any atom is 0.326 e. The first-order chi connectivity index (χ1) is 9.97. The Bertz CT molecular complexity index is 538. The van der Waals surface area contributed by atoms with Gasteiger partial charge >= 0.3 is 5.97 Å². The molecule has 1 heterocycles. The van der Waals surface area contributed by atoms with Gasteiger partial charge in [0.15, 0.2) is 11.5 Å². The van der Waals surface area contributed by atoms with Crippen molar-refractivity contribution in [3.63, 3.8) is 0 Å². The molecule has 2 rings (SSSR count). The molecule has 1 amide bonds. The number of rotatable bonds is 5. The first kappa shape index (κ1) is 15.1. The van der Waals surface area contributed by atoms with Crippen LogP contribution in [0.5, 0.6) is 11.5 Å². The monoisotopic (exact) mass is 295 g/mol. The van der Waals surface area contributed by atoms with E-state index in [0.717, 1.165) is 0 Å². The predicted octanol–water partition coefficient (Wildman–Crippen LogP) is 0.246. The molecule has 1 aromatic carbocycles. The van der Waals surface area contributed by atoms with Crippen LogP contribution in [0.2, 0.25) is 0 Å². The Balaban J connectivity index is 2.03. The van der Waals surface area contributed by atoms with Crippen LogP contribution in [-0.4, -0.2) is 46.5 Å². The minimum absolute atomic E-state index is 0.0164. The molecule has 2 atom stereocenters. The number of benzene rings is 1. The Hall–Kier alpha value is -2.28. The quantitative estimate of drug-likeness (QED) is 0.579. The fourth-order valence-corrected chi connectivity index (χ4v) is 2.16. The molecule has 114 valence electrons. The van der Waals surface area contributed by atoms with E-state index in [-0.39, 0.29) is 29.7 Å². The zero-order valence-electron chi connectivity index (χ0n) is 11.3. The average molecular weight is 295 g/mol. The first-order valence-electron chi connectivity index (χ1n) is 6.59. The van der Waals surface area contributed by atoms with Gasteiger partial charge in [-0.25, -0.2) is 4.79 Å². The molecule has 1 fully saturated rings. The summed E-state index contributed by atoms with van der Waals surface area (Å²) in [6.45, 7) is 0.805. The molecule has 0 aromatic heterocycles. The summed E-state index contributed by atoms with van der Waals surface area (Å²) in [5.41, 5.74) is 0.501. The molecule has 1 aromatic rings. The van der Waals surface area contributed by atoms with Crippen molar-refractivity contribution in [3.05, 3.63) is 23.8 Å². The van der Waals surface area contributed by atoms with Gasteiger partial charge < -0.3 is 25.4 Å². The van der Waals surface area contributed by atoms with Crippen LogP contribution in [0.4, 0.5) is 0 Å². The smallest absolute Gasteiger partial charge is 0.326 e.